The lowest BCUT2D eigenvalue weighted by molar-refractivity contribution is 1.09. The Hall–Kier alpha value is -2.49. The molecule has 0 aliphatic heterocycles. The molecule has 0 aliphatic rings. The van der Waals surface area contributed by atoms with Gasteiger partial charge in [-0.05, 0) is 68.7 Å². The minimum atomic E-state index is 0.782. The molecule has 0 fully saturated rings. The van der Waals surface area contributed by atoms with Crippen molar-refractivity contribution in [3.8, 4) is 0 Å². The van der Waals surface area contributed by atoms with E-state index >= 15 is 0 Å². The van der Waals surface area contributed by atoms with E-state index in [2.05, 4.69) is 42.1 Å². The number of aryl methyl sites for hydroxylation is 4. The van der Waals surface area contributed by atoms with E-state index in [1.807, 2.05) is 41.8 Å². The SMILES string of the molecule is Cc1cc(C)cc(N=Nc2c(C)nc3cc(C)ccn23)c1. The molecule has 3 rings (SSSR count). The molecule has 0 saturated heterocycles. The summed E-state index contributed by atoms with van der Waals surface area (Å²) in [5.74, 6) is 0.782. The van der Waals surface area contributed by atoms with E-state index in [1.54, 1.807) is 0 Å². The first-order chi connectivity index (χ1) is 10.0. The van der Waals surface area contributed by atoms with Crippen LogP contribution in [0.4, 0.5) is 11.5 Å². The molecule has 21 heavy (non-hydrogen) atoms. The molecule has 4 heteroatoms. The summed E-state index contributed by atoms with van der Waals surface area (Å²) in [7, 11) is 0. The number of pyridine rings is 1. The lowest BCUT2D eigenvalue weighted by atomic mass is 10.1. The van der Waals surface area contributed by atoms with Crippen LogP contribution in [0.15, 0.2) is 46.8 Å². The second-order valence-electron chi connectivity index (χ2n) is 5.50. The highest BCUT2D eigenvalue weighted by Gasteiger charge is 2.07. The first-order valence-corrected chi connectivity index (χ1v) is 6.98. The second kappa shape index (κ2) is 5.13. The quantitative estimate of drug-likeness (QED) is 0.609. The average molecular weight is 278 g/mol. The lowest BCUT2D eigenvalue weighted by Gasteiger charge is -2.00. The van der Waals surface area contributed by atoms with Crippen molar-refractivity contribution in [2.75, 3.05) is 0 Å². The second-order valence-corrected chi connectivity index (χ2v) is 5.50. The Balaban J connectivity index is 2.05. The summed E-state index contributed by atoms with van der Waals surface area (Å²) in [6.07, 6.45) is 1.99. The van der Waals surface area contributed by atoms with Crippen molar-refractivity contribution < 1.29 is 0 Å². The topological polar surface area (TPSA) is 42.0 Å². The Morgan fingerprint density at radius 3 is 2.29 bits per heavy atom. The molecule has 1 aromatic carbocycles. The summed E-state index contributed by atoms with van der Waals surface area (Å²) >= 11 is 0. The molecule has 0 amide bonds. The number of benzene rings is 1. The van der Waals surface area contributed by atoms with Crippen molar-refractivity contribution in [2.45, 2.75) is 27.7 Å². The predicted octanol–water partition coefficient (Wildman–Crippen LogP) is 4.98. The number of imidazole rings is 1. The average Bonchev–Trinajstić information content (AvgIpc) is 2.70. The summed E-state index contributed by atoms with van der Waals surface area (Å²) < 4.78 is 1.97. The standard InChI is InChI=1S/C17H18N4/c1-11-5-6-21-16(10-11)18-14(4)17(21)20-19-15-8-12(2)7-13(3)9-15/h5-10H,1-4H3. The number of fused-ring (bicyclic) bond motifs is 1. The van der Waals surface area contributed by atoms with E-state index in [0.29, 0.717) is 0 Å². The predicted molar refractivity (Wildman–Crippen MR) is 84.8 cm³/mol. The van der Waals surface area contributed by atoms with Gasteiger partial charge in [0.2, 0.25) is 0 Å². The highest BCUT2D eigenvalue weighted by Crippen LogP contribution is 2.25. The van der Waals surface area contributed by atoms with Crippen LogP contribution >= 0.6 is 0 Å². The van der Waals surface area contributed by atoms with E-state index < -0.39 is 0 Å². The fraction of sp³-hybridized carbons (Fsp3) is 0.235. The maximum Gasteiger partial charge on any atom is 0.182 e. The van der Waals surface area contributed by atoms with Crippen molar-refractivity contribution >= 4 is 17.2 Å². The molecule has 0 unspecified atom stereocenters. The molecule has 3 aromatic rings. The largest absolute Gasteiger partial charge is 0.283 e. The van der Waals surface area contributed by atoms with Crippen molar-refractivity contribution in [1.82, 2.24) is 9.38 Å². The van der Waals surface area contributed by atoms with E-state index in [4.69, 9.17) is 0 Å². The van der Waals surface area contributed by atoms with Crippen molar-refractivity contribution in [2.24, 2.45) is 10.2 Å². The van der Waals surface area contributed by atoms with Crippen LogP contribution in [0.3, 0.4) is 0 Å². The van der Waals surface area contributed by atoms with Crippen LogP contribution in [-0.4, -0.2) is 9.38 Å². The Morgan fingerprint density at radius 1 is 0.857 bits per heavy atom. The third-order valence-electron chi connectivity index (χ3n) is 3.39. The molecule has 2 aromatic heterocycles. The van der Waals surface area contributed by atoms with Crippen LogP contribution in [0, 0.1) is 27.7 Å². The smallest absolute Gasteiger partial charge is 0.182 e. The number of aromatic nitrogens is 2. The zero-order chi connectivity index (χ0) is 15.0. The van der Waals surface area contributed by atoms with E-state index in [0.717, 1.165) is 22.8 Å². The first kappa shape index (κ1) is 13.5. The third-order valence-corrected chi connectivity index (χ3v) is 3.39. The molecule has 0 saturated carbocycles. The zero-order valence-electron chi connectivity index (χ0n) is 12.8. The van der Waals surface area contributed by atoms with Gasteiger partial charge in [0.05, 0.1) is 11.4 Å². The fourth-order valence-corrected chi connectivity index (χ4v) is 2.49. The van der Waals surface area contributed by atoms with E-state index in [9.17, 15) is 0 Å². The molecule has 0 radical (unpaired) electrons. The monoisotopic (exact) mass is 278 g/mol. The Morgan fingerprint density at radius 2 is 1.57 bits per heavy atom. The Kier molecular flexibility index (Phi) is 3.29. The molecular weight excluding hydrogens is 260 g/mol. The summed E-state index contributed by atoms with van der Waals surface area (Å²) in [5, 5.41) is 8.77. The molecule has 0 N–H and O–H groups in total. The van der Waals surface area contributed by atoms with Crippen LogP contribution in [0.1, 0.15) is 22.4 Å². The minimum absolute atomic E-state index is 0.782. The normalized spacial score (nSPS) is 11.6. The molecule has 0 aliphatic carbocycles. The fourth-order valence-electron chi connectivity index (χ4n) is 2.49. The summed E-state index contributed by atoms with van der Waals surface area (Å²) in [6.45, 7) is 8.14. The number of nitrogens with zero attached hydrogens (tertiary/aromatic N) is 4. The summed E-state index contributed by atoms with van der Waals surface area (Å²) in [5.41, 5.74) is 6.22. The van der Waals surface area contributed by atoms with Gasteiger partial charge in [0.15, 0.2) is 5.82 Å². The molecule has 0 atom stereocenters. The highest BCUT2D eigenvalue weighted by molar-refractivity contribution is 5.53. The van der Waals surface area contributed by atoms with Crippen molar-refractivity contribution in [3.05, 3.63) is 58.9 Å². The van der Waals surface area contributed by atoms with Crippen molar-refractivity contribution in [3.63, 3.8) is 0 Å². The van der Waals surface area contributed by atoms with Crippen LogP contribution in [0.25, 0.3) is 5.65 Å². The van der Waals surface area contributed by atoms with Crippen LogP contribution in [-0.2, 0) is 0 Å². The van der Waals surface area contributed by atoms with Gasteiger partial charge in [-0.15, -0.1) is 10.2 Å². The minimum Gasteiger partial charge on any atom is -0.283 e. The van der Waals surface area contributed by atoms with Gasteiger partial charge in [-0.1, -0.05) is 6.07 Å². The molecular formula is C17H18N4. The van der Waals surface area contributed by atoms with Gasteiger partial charge >= 0.3 is 0 Å². The molecule has 106 valence electrons. The van der Waals surface area contributed by atoms with E-state index in [1.165, 1.54) is 16.7 Å². The molecule has 2 heterocycles. The van der Waals surface area contributed by atoms with Crippen LogP contribution in [0.5, 0.6) is 0 Å². The number of hydrogen-bond donors (Lipinski definition) is 0. The highest BCUT2D eigenvalue weighted by atomic mass is 15.2. The van der Waals surface area contributed by atoms with Gasteiger partial charge < -0.3 is 0 Å². The lowest BCUT2D eigenvalue weighted by Crippen LogP contribution is -1.84. The first-order valence-electron chi connectivity index (χ1n) is 6.98. The van der Waals surface area contributed by atoms with Crippen LogP contribution in [0.2, 0.25) is 0 Å². The van der Waals surface area contributed by atoms with Gasteiger partial charge in [-0.2, -0.15) is 0 Å². The molecule has 0 bridgehead atoms. The van der Waals surface area contributed by atoms with Gasteiger partial charge in [0.25, 0.3) is 0 Å². The van der Waals surface area contributed by atoms with Gasteiger partial charge in [-0.25, -0.2) is 4.98 Å². The van der Waals surface area contributed by atoms with E-state index in [-0.39, 0.29) is 0 Å². The zero-order valence-corrected chi connectivity index (χ0v) is 12.8. The number of azo groups is 1. The molecule has 4 nitrogen and oxygen atoms in total. The Bertz CT molecular complexity index is 823. The van der Waals surface area contributed by atoms with Gasteiger partial charge in [0, 0.05) is 6.20 Å². The van der Waals surface area contributed by atoms with Crippen molar-refractivity contribution in [1.29, 1.82) is 0 Å². The maximum absolute atomic E-state index is 4.53. The number of rotatable bonds is 2. The third kappa shape index (κ3) is 2.70. The molecule has 0 spiro atoms. The van der Waals surface area contributed by atoms with Gasteiger partial charge in [0.1, 0.15) is 5.65 Å². The van der Waals surface area contributed by atoms with Gasteiger partial charge in [-0.3, -0.25) is 4.40 Å². The number of hydrogen-bond acceptors (Lipinski definition) is 3. The van der Waals surface area contributed by atoms with Crippen LogP contribution < -0.4 is 0 Å². The Labute approximate surface area is 124 Å². The summed E-state index contributed by atoms with van der Waals surface area (Å²) in [4.78, 5) is 4.53. The summed E-state index contributed by atoms with van der Waals surface area (Å²) in [6, 6.07) is 10.3. The maximum atomic E-state index is 4.53.